The second-order valence-electron chi connectivity index (χ2n) is 8.27. The molecule has 0 aromatic rings. The smallest absolute Gasteiger partial charge is 0.331 e. The number of carbonyl (C=O) groups is 3. The molecule has 0 spiro atoms. The van der Waals surface area contributed by atoms with Crippen LogP contribution in [0, 0.1) is 23.2 Å². The molecule has 3 atom stereocenters. The van der Waals surface area contributed by atoms with Gasteiger partial charge in [-0.05, 0) is 63.4 Å². The molecule has 2 aliphatic carbocycles. The van der Waals surface area contributed by atoms with Crippen LogP contribution in [-0.2, 0) is 28.6 Å². The molecular weight excluding hydrogens is 396 g/mol. The summed E-state index contributed by atoms with van der Waals surface area (Å²) in [5, 5.41) is 0. The van der Waals surface area contributed by atoms with Gasteiger partial charge in [0.05, 0.1) is 19.8 Å². The second-order valence-corrected chi connectivity index (χ2v) is 8.27. The Balaban J connectivity index is 2.54. The zero-order valence-electron chi connectivity index (χ0n) is 19.4. The van der Waals surface area contributed by atoms with Crippen LogP contribution < -0.4 is 0 Å². The van der Waals surface area contributed by atoms with Crippen LogP contribution >= 0.6 is 0 Å². The third-order valence-corrected chi connectivity index (χ3v) is 6.12. The van der Waals surface area contributed by atoms with E-state index in [-0.39, 0.29) is 43.4 Å². The lowest BCUT2D eigenvalue weighted by Gasteiger charge is -2.26. The predicted molar refractivity (Wildman–Crippen MR) is 118 cm³/mol. The molecule has 1 saturated carbocycles. The van der Waals surface area contributed by atoms with Gasteiger partial charge in [0.1, 0.15) is 0 Å². The minimum atomic E-state index is -1.35. The molecule has 172 valence electrons. The summed E-state index contributed by atoms with van der Waals surface area (Å²) in [6, 6.07) is 0. The van der Waals surface area contributed by atoms with Gasteiger partial charge in [-0.15, -0.1) is 0 Å². The highest BCUT2D eigenvalue weighted by molar-refractivity contribution is 6.01. The minimum Gasteiger partial charge on any atom is -0.465 e. The van der Waals surface area contributed by atoms with Crippen molar-refractivity contribution in [1.29, 1.82) is 0 Å². The molecule has 0 saturated heterocycles. The number of hydrogen-bond donors (Lipinski definition) is 0. The molecular formula is C25H36O6. The Labute approximate surface area is 185 Å². The van der Waals surface area contributed by atoms with Crippen LogP contribution in [0.1, 0.15) is 60.3 Å². The van der Waals surface area contributed by atoms with E-state index in [9.17, 15) is 14.4 Å². The van der Waals surface area contributed by atoms with Gasteiger partial charge in [-0.1, -0.05) is 44.1 Å². The highest BCUT2D eigenvalue weighted by Crippen LogP contribution is 2.50. The monoisotopic (exact) mass is 432 g/mol. The molecule has 1 fully saturated rings. The lowest BCUT2D eigenvalue weighted by molar-refractivity contribution is -0.171. The van der Waals surface area contributed by atoms with Crippen molar-refractivity contribution in [3.63, 3.8) is 0 Å². The van der Waals surface area contributed by atoms with Crippen molar-refractivity contribution in [2.75, 3.05) is 19.8 Å². The van der Waals surface area contributed by atoms with Crippen LogP contribution in [0.2, 0.25) is 0 Å². The van der Waals surface area contributed by atoms with Crippen LogP contribution in [0.25, 0.3) is 0 Å². The third kappa shape index (κ3) is 5.66. The topological polar surface area (TPSA) is 78.9 Å². The van der Waals surface area contributed by atoms with Gasteiger partial charge >= 0.3 is 17.9 Å². The Hall–Kier alpha value is -2.37. The lowest BCUT2D eigenvalue weighted by Crippen LogP contribution is -2.40. The highest BCUT2D eigenvalue weighted by Gasteiger charge is 2.55. The molecule has 0 bridgehead atoms. The van der Waals surface area contributed by atoms with E-state index in [4.69, 9.17) is 14.2 Å². The number of allylic oxidation sites excluding steroid dienone is 5. The molecule has 6 nitrogen and oxygen atoms in total. The average Bonchev–Trinajstić information content (AvgIpc) is 3.09. The summed E-state index contributed by atoms with van der Waals surface area (Å²) in [6.07, 6.45) is 10.2. The van der Waals surface area contributed by atoms with E-state index in [1.807, 2.05) is 6.08 Å². The fourth-order valence-corrected chi connectivity index (χ4v) is 4.62. The number of esters is 3. The first-order valence-electron chi connectivity index (χ1n) is 11.4. The summed E-state index contributed by atoms with van der Waals surface area (Å²) in [4.78, 5) is 38.1. The third-order valence-electron chi connectivity index (χ3n) is 6.12. The molecule has 31 heavy (non-hydrogen) atoms. The molecule has 0 N–H and O–H groups in total. The van der Waals surface area contributed by atoms with Crippen LogP contribution in [0.15, 0.2) is 35.5 Å². The molecule has 3 unspecified atom stereocenters. The standard InChI is InChI=1S/C25H36O6/c1-6-10-21-17(5)11-12-18-15-25(23(27)30-8-3,24(28)31-9-4)16-20(18)13-19(21)14-22(26)29-7-2/h11-14,17-18,21H,6-10,15-16H2,1-5H3/b12-11-,19-14-,20-13-. The predicted octanol–water partition coefficient (Wildman–Crippen LogP) is 4.55. The summed E-state index contributed by atoms with van der Waals surface area (Å²) in [5.41, 5.74) is 0.483. The van der Waals surface area contributed by atoms with Crippen molar-refractivity contribution in [2.45, 2.75) is 60.3 Å². The number of ether oxygens (including phenoxy) is 3. The maximum atomic E-state index is 12.9. The van der Waals surface area contributed by atoms with Crippen LogP contribution in [0.3, 0.4) is 0 Å². The average molecular weight is 433 g/mol. The zero-order valence-corrected chi connectivity index (χ0v) is 19.4. The maximum absolute atomic E-state index is 12.9. The number of fused-ring (bicyclic) bond motifs is 1. The molecule has 0 heterocycles. The number of hydrogen-bond acceptors (Lipinski definition) is 6. The quantitative estimate of drug-likeness (QED) is 0.184. The van der Waals surface area contributed by atoms with Crippen molar-refractivity contribution >= 4 is 17.9 Å². The Bertz CT molecular complexity index is 742. The molecule has 2 rings (SSSR count). The molecule has 0 aromatic carbocycles. The maximum Gasteiger partial charge on any atom is 0.331 e. The van der Waals surface area contributed by atoms with E-state index in [0.29, 0.717) is 13.0 Å². The largest absolute Gasteiger partial charge is 0.465 e. The van der Waals surface area contributed by atoms with Crippen LogP contribution in [0.5, 0.6) is 0 Å². The van der Waals surface area contributed by atoms with E-state index in [2.05, 4.69) is 26.0 Å². The van der Waals surface area contributed by atoms with Gasteiger partial charge in [-0.25, -0.2) is 4.79 Å². The lowest BCUT2D eigenvalue weighted by atomic mass is 9.79. The minimum absolute atomic E-state index is 0.0931. The Kier molecular flexibility index (Phi) is 9.08. The van der Waals surface area contributed by atoms with Crippen LogP contribution in [0.4, 0.5) is 0 Å². The molecule has 0 radical (unpaired) electrons. The zero-order chi connectivity index (χ0) is 23.0. The fourth-order valence-electron chi connectivity index (χ4n) is 4.62. The van der Waals surface area contributed by atoms with Crippen molar-refractivity contribution in [3.05, 3.63) is 35.5 Å². The Morgan fingerprint density at radius 3 is 2.16 bits per heavy atom. The summed E-state index contributed by atoms with van der Waals surface area (Å²) in [5.74, 6) is -1.18. The van der Waals surface area contributed by atoms with Gasteiger partial charge in [0, 0.05) is 6.08 Å². The summed E-state index contributed by atoms with van der Waals surface area (Å²) in [6.45, 7) is 10.2. The molecule has 6 heteroatoms. The molecule has 0 aromatic heterocycles. The summed E-state index contributed by atoms with van der Waals surface area (Å²) < 4.78 is 15.7. The first kappa shape index (κ1) is 24.9. The van der Waals surface area contributed by atoms with Crippen molar-refractivity contribution in [2.24, 2.45) is 23.2 Å². The van der Waals surface area contributed by atoms with E-state index in [1.54, 1.807) is 26.8 Å². The molecule has 0 aliphatic heterocycles. The van der Waals surface area contributed by atoms with Gasteiger partial charge in [0.25, 0.3) is 0 Å². The van der Waals surface area contributed by atoms with Gasteiger partial charge < -0.3 is 14.2 Å². The van der Waals surface area contributed by atoms with Crippen molar-refractivity contribution in [3.8, 4) is 0 Å². The van der Waals surface area contributed by atoms with E-state index in [1.165, 1.54) is 0 Å². The molecule has 0 amide bonds. The summed E-state index contributed by atoms with van der Waals surface area (Å²) >= 11 is 0. The van der Waals surface area contributed by atoms with E-state index in [0.717, 1.165) is 24.0 Å². The van der Waals surface area contributed by atoms with Gasteiger partial charge in [0.15, 0.2) is 5.41 Å². The highest BCUT2D eigenvalue weighted by atomic mass is 16.6. The Morgan fingerprint density at radius 2 is 1.61 bits per heavy atom. The first-order chi connectivity index (χ1) is 14.8. The number of carbonyl (C=O) groups excluding carboxylic acids is 3. The van der Waals surface area contributed by atoms with Crippen LogP contribution in [-0.4, -0.2) is 37.7 Å². The van der Waals surface area contributed by atoms with Gasteiger partial charge in [-0.2, -0.15) is 0 Å². The van der Waals surface area contributed by atoms with E-state index < -0.39 is 17.4 Å². The van der Waals surface area contributed by atoms with Gasteiger partial charge in [0.2, 0.25) is 0 Å². The second kappa shape index (κ2) is 11.3. The number of rotatable bonds is 8. The van der Waals surface area contributed by atoms with E-state index >= 15 is 0 Å². The SMILES string of the molecule is CCCC1C(=C\C(=O)OCC)/C=C2/CC(C(=O)OCC)(C(=O)OCC)CC2/C=C\C1C. The Morgan fingerprint density at radius 1 is 1.00 bits per heavy atom. The molecule has 2 aliphatic rings. The summed E-state index contributed by atoms with van der Waals surface area (Å²) in [7, 11) is 0. The van der Waals surface area contributed by atoms with Crippen molar-refractivity contribution in [1.82, 2.24) is 0 Å². The van der Waals surface area contributed by atoms with Crippen molar-refractivity contribution < 1.29 is 28.6 Å². The van der Waals surface area contributed by atoms with Gasteiger partial charge in [-0.3, -0.25) is 9.59 Å². The first-order valence-corrected chi connectivity index (χ1v) is 11.4. The fraction of sp³-hybridized carbons (Fsp3) is 0.640. The normalized spacial score (nSPS) is 28.5.